The molecule has 1 amide bonds. The fourth-order valence-corrected chi connectivity index (χ4v) is 2.04. The van der Waals surface area contributed by atoms with E-state index in [-0.39, 0.29) is 5.91 Å². The lowest BCUT2D eigenvalue weighted by Gasteiger charge is -2.09. The van der Waals surface area contributed by atoms with Crippen molar-refractivity contribution in [3.05, 3.63) is 18.0 Å². The predicted octanol–water partition coefficient (Wildman–Crippen LogP) is 0.150. The van der Waals surface area contributed by atoms with Gasteiger partial charge in [0.1, 0.15) is 5.69 Å². The molecule has 5 heteroatoms. The molecule has 0 unspecified atom stereocenters. The molecule has 1 aromatic rings. The number of amides is 1. The number of aryl methyl sites for hydroxylation is 1. The van der Waals surface area contributed by atoms with Crippen LogP contribution in [0, 0.1) is 5.92 Å². The highest BCUT2D eigenvalue weighted by atomic mass is 16.2. The van der Waals surface area contributed by atoms with Gasteiger partial charge in [-0.2, -0.15) is 5.10 Å². The summed E-state index contributed by atoms with van der Waals surface area (Å²) in [6.07, 6.45) is 3.91. The first-order valence-electron chi connectivity index (χ1n) is 5.74. The van der Waals surface area contributed by atoms with E-state index < -0.39 is 0 Å². The van der Waals surface area contributed by atoms with Gasteiger partial charge in [0.2, 0.25) is 0 Å². The zero-order chi connectivity index (χ0) is 11.4. The molecule has 1 aliphatic heterocycles. The lowest BCUT2D eigenvalue weighted by Crippen LogP contribution is -2.28. The Morgan fingerprint density at radius 1 is 1.75 bits per heavy atom. The van der Waals surface area contributed by atoms with Crippen molar-refractivity contribution in [2.24, 2.45) is 13.0 Å². The molecule has 0 radical (unpaired) electrons. The Balaban J connectivity index is 1.73. The van der Waals surface area contributed by atoms with Crippen molar-refractivity contribution < 1.29 is 4.79 Å². The lowest BCUT2D eigenvalue weighted by molar-refractivity contribution is 0.0942. The van der Waals surface area contributed by atoms with Crippen molar-refractivity contribution in [1.82, 2.24) is 20.4 Å². The molecular formula is C11H18N4O. The van der Waals surface area contributed by atoms with Gasteiger partial charge in [0, 0.05) is 19.8 Å². The minimum Gasteiger partial charge on any atom is -0.351 e. The highest BCUT2D eigenvalue weighted by Gasteiger charge is 2.15. The molecule has 88 valence electrons. The minimum absolute atomic E-state index is 0.0362. The van der Waals surface area contributed by atoms with E-state index in [2.05, 4.69) is 15.7 Å². The molecule has 5 nitrogen and oxygen atoms in total. The van der Waals surface area contributed by atoms with Crippen molar-refractivity contribution in [3.8, 4) is 0 Å². The van der Waals surface area contributed by atoms with Crippen molar-refractivity contribution in [3.63, 3.8) is 0 Å². The fourth-order valence-electron chi connectivity index (χ4n) is 2.04. The molecule has 2 rings (SSSR count). The Morgan fingerprint density at radius 2 is 2.62 bits per heavy atom. The van der Waals surface area contributed by atoms with Crippen molar-refractivity contribution >= 4 is 5.91 Å². The largest absolute Gasteiger partial charge is 0.351 e. The second kappa shape index (κ2) is 5.12. The Morgan fingerprint density at radius 3 is 3.25 bits per heavy atom. The van der Waals surface area contributed by atoms with Crippen LogP contribution >= 0.6 is 0 Å². The van der Waals surface area contributed by atoms with Crippen LogP contribution in [0.5, 0.6) is 0 Å². The summed E-state index contributed by atoms with van der Waals surface area (Å²) in [7, 11) is 1.77. The molecule has 1 fully saturated rings. The molecule has 1 aliphatic rings. The maximum Gasteiger partial charge on any atom is 0.269 e. The molecule has 0 spiro atoms. The van der Waals surface area contributed by atoms with Crippen LogP contribution in [0.4, 0.5) is 0 Å². The quantitative estimate of drug-likeness (QED) is 0.762. The van der Waals surface area contributed by atoms with E-state index in [4.69, 9.17) is 0 Å². The smallest absolute Gasteiger partial charge is 0.269 e. The number of carbonyl (C=O) groups excluding carboxylic acids is 1. The lowest BCUT2D eigenvalue weighted by atomic mass is 10.1. The number of hydrogen-bond acceptors (Lipinski definition) is 3. The molecule has 0 bridgehead atoms. The van der Waals surface area contributed by atoms with Crippen LogP contribution in [0.2, 0.25) is 0 Å². The van der Waals surface area contributed by atoms with Gasteiger partial charge in [-0.25, -0.2) is 0 Å². The summed E-state index contributed by atoms with van der Waals surface area (Å²) < 4.78 is 1.59. The number of hydrogen-bond donors (Lipinski definition) is 2. The van der Waals surface area contributed by atoms with Gasteiger partial charge in [-0.05, 0) is 37.9 Å². The van der Waals surface area contributed by atoms with Gasteiger partial charge in [0.15, 0.2) is 0 Å². The summed E-state index contributed by atoms with van der Waals surface area (Å²) in [6.45, 7) is 2.94. The van der Waals surface area contributed by atoms with Gasteiger partial charge in [0.05, 0.1) is 0 Å². The molecule has 16 heavy (non-hydrogen) atoms. The maximum atomic E-state index is 11.7. The van der Waals surface area contributed by atoms with Crippen LogP contribution in [-0.2, 0) is 7.05 Å². The highest BCUT2D eigenvalue weighted by molar-refractivity contribution is 5.92. The van der Waals surface area contributed by atoms with E-state index in [0.717, 1.165) is 26.1 Å². The van der Waals surface area contributed by atoms with Crippen LogP contribution in [0.1, 0.15) is 23.3 Å². The van der Waals surface area contributed by atoms with Gasteiger partial charge in [-0.15, -0.1) is 0 Å². The monoisotopic (exact) mass is 222 g/mol. The van der Waals surface area contributed by atoms with Gasteiger partial charge < -0.3 is 10.6 Å². The van der Waals surface area contributed by atoms with Crippen molar-refractivity contribution in [2.45, 2.75) is 12.8 Å². The second-order valence-corrected chi connectivity index (χ2v) is 4.24. The molecule has 0 aliphatic carbocycles. The van der Waals surface area contributed by atoms with E-state index >= 15 is 0 Å². The summed E-state index contributed by atoms with van der Waals surface area (Å²) >= 11 is 0. The Kier molecular flexibility index (Phi) is 3.56. The van der Waals surface area contributed by atoms with Crippen LogP contribution in [0.25, 0.3) is 0 Å². The average Bonchev–Trinajstić information content (AvgIpc) is 2.88. The molecule has 0 aromatic carbocycles. The van der Waals surface area contributed by atoms with Gasteiger partial charge in [-0.1, -0.05) is 0 Å². The Bertz CT molecular complexity index is 355. The standard InChI is InChI=1S/C11H18N4O/c1-15-10(4-7-14-15)11(16)13-6-3-9-2-5-12-8-9/h4,7,9,12H,2-3,5-6,8H2,1H3,(H,13,16)/t9-/m0/s1. The summed E-state index contributed by atoms with van der Waals surface area (Å²) in [5, 5.41) is 10.2. The minimum atomic E-state index is -0.0362. The first kappa shape index (κ1) is 11.1. The number of rotatable bonds is 4. The molecule has 2 N–H and O–H groups in total. The number of carbonyl (C=O) groups is 1. The highest BCUT2D eigenvalue weighted by Crippen LogP contribution is 2.10. The third kappa shape index (κ3) is 2.61. The third-order valence-electron chi connectivity index (χ3n) is 3.05. The third-order valence-corrected chi connectivity index (χ3v) is 3.05. The van der Waals surface area contributed by atoms with E-state index in [9.17, 15) is 4.79 Å². The van der Waals surface area contributed by atoms with Crippen molar-refractivity contribution in [1.29, 1.82) is 0 Å². The molecule has 1 saturated heterocycles. The van der Waals surface area contributed by atoms with Crippen LogP contribution in [0.3, 0.4) is 0 Å². The molecule has 0 saturated carbocycles. The number of nitrogens with zero attached hydrogens (tertiary/aromatic N) is 2. The van der Waals surface area contributed by atoms with Gasteiger partial charge >= 0.3 is 0 Å². The first-order valence-corrected chi connectivity index (χ1v) is 5.74. The first-order chi connectivity index (χ1) is 7.77. The predicted molar refractivity (Wildman–Crippen MR) is 61.1 cm³/mol. The molecule has 1 atom stereocenters. The summed E-state index contributed by atoms with van der Waals surface area (Å²) in [5.74, 6) is 0.679. The fraction of sp³-hybridized carbons (Fsp3) is 0.636. The Labute approximate surface area is 95.2 Å². The molecular weight excluding hydrogens is 204 g/mol. The SMILES string of the molecule is Cn1nccc1C(=O)NCC[C@@H]1CCNC1. The van der Waals surface area contributed by atoms with E-state index in [1.807, 2.05) is 0 Å². The zero-order valence-corrected chi connectivity index (χ0v) is 9.57. The van der Waals surface area contributed by atoms with Crippen LogP contribution in [-0.4, -0.2) is 35.3 Å². The van der Waals surface area contributed by atoms with Gasteiger partial charge in [0.25, 0.3) is 5.91 Å². The average molecular weight is 222 g/mol. The number of nitrogens with one attached hydrogen (secondary N) is 2. The number of aromatic nitrogens is 2. The molecule has 2 heterocycles. The van der Waals surface area contributed by atoms with E-state index in [1.165, 1.54) is 6.42 Å². The maximum absolute atomic E-state index is 11.7. The topological polar surface area (TPSA) is 59.0 Å². The second-order valence-electron chi connectivity index (χ2n) is 4.24. The summed E-state index contributed by atoms with van der Waals surface area (Å²) in [4.78, 5) is 11.7. The Hall–Kier alpha value is -1.36. The van der Waals surface area contributed by atoms with Crippen LogP contribution < -0.4 is 10.6 Å². The van der Waals surface area contributed by atoms with E-state index in [0.29, 0.717) is 11.6 Å². The van der Waals surface area contributed by atoms with Gasteiger partial charge in [-0.3, -0.25) is 9.48 Å². The summed E-state index contributed by atoms with van der Waals surface area (Å²) in [5.41, 5.74) is 0.615. The van der Waals surface area contributed by atoms with Crippen LogP contribution in [0.15, 0.2) is 12.3 Å². The molecule has 1 aromatic heterocycles. The van der Waals surface area contributed by atoms with Crippen molar-refractivity contribution in [2.75, 3.05) is 19.6 Å². The normalized spacial score (nSPS) is 19.9. The van der Waals surface area contributed by atoms with E-state index in [1.54, 1.807) is 24.0 Å². The summed E-state index contributed by atoms with van der Waals surface area (Å²) in [6, 6.07) is 1.73. The zero-order valence-electron chi connectivity index (χ0n) is 9.57.